The summed E-state index contributed by atoms with van der Waals surface area (Å²) in [5.74, 6) is 10.4. The first kappa shape index (κ1) is 17.7. The maximum absolute atomic E-state index is 3.52. The quantitative estimate of drug-likeness (QED) is 0.492. The van der Waals surface area contributed by atoms with E-state index in [1.807, 2.05) is 0 Å². The average molecular weight is 301 g/mol. The van der Waals surface area contributed by atoms with Crippen molar-refractivity contribution in [2.75, 3.05) is 0 Å². The van der Waals surface area contributed by atoms with Gasteiger partial charge in [0.1, 0.15) is 0 Å². The lowest BCUT2D eigenvalue weighted by Crippen LogP contribution is -2.13. The number of rotatable bonds is 5. The van der Waals surface area contributed by atoms with Crippen LogP contribution >= 0.6 is 0 Å². The average Bonchev–Trinajstić information content (AvgIpc) is 2.55. The molecule has 2 aliphatic rings. The molecule has 0 aliphatic heterocycles. The predicted molar refractivity (Wildman–Crippen MR) is 97.6 cm³/mol. The van der Waals surface area contributed by atoms with Crippen LogP contribution in [-0.4, -0.2) is 0 Å². The zero-order valence-electron chi connectivity index (χ0n) is 14.9. The van der Waals surface area contributed by atoms with E-state index in [9.17, 15) is 0 Å². The Morgan fingerprint density at radius 3 is 1.86 bits per heavy atom. The predicted octanol–water partition coefficient (Wildman–Crippen LogP) is 6.76. The molecule has 2 saturated carbocycles. The first-order chi connectivity index (χ1) is 10.8. The highest BCUT2D eigenvalue weighted by atomic mass is 14.2. The third-order valence-electron chi connectivity index (χ3n) is 5.87. The van der Waals surface area contributed by atoms with Gasteiger partial charge in [-0.25, -0.2) is 0 Å². The van der Waals surface area contributed by atoms with E-state index in [-0.39, 0.29) is 0 Å². The SMILES string of the molecule is CCCC1CCC(C#CC=CC2CCC(CCC)CC2)CC1. The monoisotopic (exact) mass is 300 g/mol. The van der Waals surface area contributed by atoms with Crippen molar-refractivity contribution < 1.29 is 0 Å². The van der Waals surface area contributed by atoms with Crippen molar-refractivity contribution in [1.82, 2.24) is 0 Å². The van der Waals surface area contributed by atoms with Gasteiger partial charge in [0.15, 0.2) is 0 Å². The van der Waals surface area contributed by atoms with Gasteiger partial charge < -0.3 is 0 Å². The second-order valence-corrected chi connectivity index (χ2v) is 7.72. The van der Waals surface area contributed by atoms with Crippen LogP contribution in [0.5, 0.6) is 0 Å². The molecule has 2 rings (SSSR count). The highest BCUT2D eigenvalue weighted by molar-refractivity contribution is 5.18. The molecule has 0 aromatic carbocycles. The van der Waals surface area contributed by atoms with E-state index in [1.54, 1.807) is 0 Å². The van der Waals surface area contributed by atoms with Crippen LogP contribution in [0.25, 0.3) is 0 Å². The highest BCUT2D eigenvalue weighted by Gasteiger charge is 2.19. The smallest absolute Gasteiger partial charge is 0.0206 e. The molecule has 124 valence electrons. The molecule has 0 heterocycles. The highest BCUT2D eigenvalue weighted by Crippen LogP contribution is 2.32. The van der Waals surface area contributed by atoms with Gasteiger partial charge in [-0.3, -0.25) is 0 Å². The van der Waals surface area contributed by atoms with Crippen molar-refractivity contribution in [2.45, 2.75) is 90.9 Å². The van der Waals surface area contributed by atoms with Gasteiger partial charge in [0.2, 0.25) is 0 Å². The van der Waals surface area contributed by atoms with E-state index < -0.39 is 0 Å². The van der Waals surface area contributed by atoms with E-state index in [2.05, 4.69) is 37.8 Å². The topological polar surface area (TPSA) is 0 Å². The summed E-state index contributed by atoms with van der Waals surface area (Å²) in [4.78, 5) is 0. The van der Waals surface area contributed by atoms with E-state index >= 15 is 0 Å². The van der Waals surface area contributed by atoms with Crippen LogP contribution in [0.1, 0.15) is 90.9 Å². The van der Waals surface area contributed by atoms with Crippen LogP contribution < -0.4 is 0 Å². The molecule has 0 atom stereocenters. The second-order valence-electron chi connectivity index (χ2n) is 7.72. The lowest BCUT2D eigenvalue weighted by molar-refractivity contribution is 0.294. The number of hydrogen-bond acceptors (Lipinski definition) is 0. The van der Waals surface area contributed by atoms with Crippen molar-refractivity contribution in [1.29, 1.82) is 0 Å². The number of hydrogen-bond donors (Lipinski definition) is 0. The minimum absolute atomic E-state index is 0.679. The summed E-state index contributed by atoms with van der Waals surface area (Å²) in [6, 6.07) is 0. The van der Waals surface area contributed by atoms with Gasteiger partial charge in [-0.1, -0.05) is 57.4 Å². The fraction of sp³-hybridized carbons (Fsp3) is 0.818. The minimum Gasteiger partial charge on any atom is -0.0951 e. The van der Waals surface area contributed by atoms with Crippen molar-refractivity contribution in [3.05, 3.63) is 12.2 Å². The molecule has 0 bridgehead atoms. The Balaban J connectivity index is 1.64. The summed E-state index contributed by atoms with van der Waals surface area (Å²) in [7, 11) is 0. The molecular formula is C22H36. The molecular weight excluding hydrogens is 264 g/mol. The summed E-state index contributed by atoms with van der Waals surface area (Å²) < 4.78 is 0. The third kappa shape index (κ3) is 6.20. The summed E-state index contributed by atoms with van der Waals surface area (Å²) in [6.07, 6.45) is 21.3. The molecule has 2 aliphatic carbocycles. The molecule has 22 heavy (non-hydrogen) atoms. The molecule has 0 aromatic rings. The Kier molecular flexibility index (Phi) is 8.14. The molecule has 0 radical (unpaired) electrons. The minimum atomic E-state index is 0.679. The van der Waals surface area contributed by atoms with Gasteiger partial charge in [-0.2, -0.15) is 0 Å². The van der Waals surface area contributed by atoms with E-state index in [1.165, 1.54) is 77.0 Å². The fourth-order valence-electron chi connectivity index (χ4n) is 4.43. The largest absolute Gasteiger partial charge is 0.0951 e. The second kappa shape index (κ2) is 10.1. The summed E-state index contributed by atoms with van der Waals surface area (Å²) in [5, 5.41) is 0. The Morgan fingerprint density at radius 1 is 0.773 bits per heavy atom. The molecule has 0 saturated heterocycles. The van der Waals surface area contributed by atoms with Crippen LogP contribution in [0.3, 0.4) is 0 Å². The lowest BCUT2D eigenvalue weighted by atomic mass is 9.80. The maximum Gasteiger partial charge on any atom is 0.0206 e. The molecule has 0 unspecified atom stereocenters. The van der Waals surface area contributed by atoms with E-state index in [0.29, 0.717) is 5.92 Å². The van der Waals surface area contributed by atoms with Gasteiger partial charge >= 0.3 is 0 Å². The first-order valence-corrected chi connectivity index (χ1v) is 9.99. The standard InChI is InChI=1S/C22H36/c1-3-7-19-11-15-21(16-12-19)9-5-6-10-22-17-13-20(8-4-2)14-18-22/h5,9,19-22H,3-4,7-8,11-18H2,1-2H3. The summed E-state index contributed by atoms with van der Waals surface area (Å²) >= 11 is 0. The zero-order chi connectivity index (χ0) is 15.6. The van der Waals surface area contributed by atoms with Crippen LogP contribution in [-0.2, 0) is 0 Å². The Hall–Kier alpha value is -0.700. The Labute approximate surface area is 139 Å². The van der Waals surface area contributed by atoms with Crippen molar-refractivity contribution >= 4 is 0 Å². The van der Waals surface area contributed by atoms with E-state index in [0.717, 1.165) is 17.8 Å². The molecule has 0 aromatic heterocycles. The maximum atomic E-state index is 3.52. The normalized spacial score (nSPS) is 32.6. The van der Waals surface area contributed by atoms with E-state index in [4.69, 9.17) is 0 Å². The third-order valence-corrected chi connectivity index (χ3v) is 5.87. The van der Waals surface area contributed by atoms with Crippen LogP contribution in [0.15, 0.2) is 12.2 Å². The van der Waals surface area contributed by atoms with Gasteiger partial charge in [0.05, 0.1) is 0 Å². The Morgan fingerprint density at radius 2 is 1.32 bits per heavy atom. The van der Waals surface area contributed by atoms with Crippen LogP contribution in [0, 0.1) is 35.5 Å². The zero-order valence-corrected chi connectivity index (χ0v) is 14.9. The molecule has 0 amide bonds. The van der Waals surface area contributed by atoms with Gasteiger partial charge in [-0.05, 0) is 75.2 Å². The van der Waals surface area contributed by atoms with Crippen molar-refractivity contribution in [2.24, 2.45) is 23.7 Å². The van der Waals surface area contributed by atoms with Gasteiger partial charge in [0.25, 0.3) is 0 Å². The number of allylic oxidation sites excluding steroid dienone is 2. The first-order valence-electron chi connectivity index (χ1n) is 9.99. The molecule has 0 spiro atoms. The lowest BCUT2D eigenvalue weighted by Gasteiger charge is -2.26. The van der Waals surface area contributed by atoms with Gasteiger partial charge in [-0.15, -0.1) is 0 Å². The summed E-state index contributed by atoms with van der Waals surface area (Å²) in [5.41, 5.74) is 0. The van der Waals surface area contributed by atoms with Crippen molar-refractivity contribution in [3.63, 3.8) is 0 Å². The van der Waals surface area contributed by atoms with Crippen molar-refractivity contribution in [3.8, 4) is 11.8 Å². The fourth-order valence-corrected chi connectivity index (χ4v) is 4.43. The Bertz CT molecular complexity index is 365. The van der Waals surface area contributed by atoms with Crippen LogP contribution in [0.4, 0.5) is 0 Å². The summed E-state index contributed by atoms with van der Waals surface area (Å²) in [6.45, 7) is 4.63. The molecule has 0 N–H and O–H groups in total. The molecule has 0 heteroatoms. The van der Waals surface area contributed by atoms with Gasteiger partial charge in [0, 0.05) is 5.92 Å². The molecule has 0 nitrogen and oxygen atoms in total. The molecule has 2 fully saturated rings. The van der Waals surface area contributed by atoms with Crippen LogP contribution in [0.2, 0.25) is 0 Å².